The summed E-state index contributed by atoms with van der Waals surface area (Å²) in [6, 6.07) is 8.73. The molecule has 3 nitrogen and oxygen atoms in total. The summed E-state index contributed by atoms with van der Waals surface area (Å²) in [6.45, 7) is 7.56. The van der Waals surface area contributed by atoms with Gasteiger partial charge in [0.15, 0.2) is 0 Å². The van der Waals surface area contributed by atoms with Gasteiger partial charge in [-0.2, -0.15) is 0 Å². The number of hydrogen-bond donors (Lipinski definition) is 2. The maximum Gasteiger partial charge on any atom is 0.0681 e. The normalized spacial score (nSPS) is 12.9. The van der Waals surface area contributed by atoms with Crippen molar-refractivity contribution in [3.8, 4) is 0 Å². The first-order valence-corrected chi connectivity index (χ1v) is 6.77. The van der Waals surface area contributed by atoms with Gasteiger partial charge in [-0.3, -0.25) is 0 Å². The van der Waals surface area contributed by atoms with E-state index in [0.717, 1.165) is 25.2 Å². The van der Waals surface area contributed by atoms with Crippen LogP contribution < -0.4 is 5.32 Å². The van der Waals surface area contributed by atoms with Gasteiger partial charge in [0.2, 0.25) is 0 Å². The van der Waals surface area contributed by atoms with Crippen LogP contribution in [0.3, 0.4) is 0 Å². The van der Waals surface area contributed by atoms with Crippen molar-refractivity contribution in [3.63, 3.8) is 0 Å². The number of aliphatic hydroxyl groups is 1. The van der Waals surface area contributed by atoms with Crippen LogP contribution in [-0.2, 0) is 13.2 Å². The molecular formula is C15H26N2O. The number of nitrogens with one attached hydrogen (secondary N) is 1. The van der Waals surface area contributed by atoms with Gasteiger partial charge in [-0.25, -0.2) is 0 Å². The third-order valence-corrected chi connectivity index (χ3v) is 3.52. The second-order valence-electron chi connectivity index (χ2n) is 4.89. The lowest BCUT2D eigenvalue weighted by atomic mass is 10.1. The predicted octanol–water partition coefficient (Wildman–Crippen LogP) is 2.00. The van der Waals surface area contributed by atoms with E-state index >= 15 is 0 Å². The van der Waals surface area contributed by atoms with E-state index in [2.05, 4.69) is 43.2 Å². The SMILES string of the molecule is CCC(C)N(C)CCNCc1ccc(CO)cc1. The molecule has 1 atom stereocenters. The predicted molar refractivity (Wildman–Crippen MR) is 76.5 cm³/mol. The van der Waals surface area contributed by atoms with Crippen LogP contribution in [0.4, 0.5) is 0 Å². The summed E-state index contributed by atoms with van der Waals surface area (Å²) in [6.07, 6.45) is 1.19. The van der Waals surface area contributed by atoms with Crippen molar-refractivity contribution >= 4 is 0 Å². The lowest BCUT2D eigenvalue weighted by molar-refractivity contribution is 0.251. The van der Waals surface area contributed by atoms with Crippen molar-refractivity contribution < 1.29 is 5.11 Å². The fourth-order valence-corrected chi connectivity index (χ4v) is 1.78. The molecule has 18 heavy (non-hydrogen) atoms. The molecule has 1 aromatic rings. The Morgan fingerprint density at radius 1 is 1.22 bits per heavy atom. The van der Waals surface area contributed by atoms with Crippen LogP contribution in [0.25, 0.3) is 0 Å². The molecule has 102 valence electrons. The Kier molecular flexibility index (Phi) is 6.94. The van der Waals surface area contributed by atoms with Gasteiger partial charge in [0.1, 0.15) is 0 Å². The second-order valence-corrected chi connectivity index (χ2v) is 4.89. The highest BCUT2D eigenvalue weighted by Crippen LogP contribution is 2.04. The summed E-state index contributed by atoms with van der Waals surface area (Å²) in [5.41, 5.74) is 2.23. The Bertz CT molecular complexity index is 324. The molecule has 0 aliphatic heterocycles. The third-order valence-electron chi connectivity index (χ3n) is 3.52. The Hall–Kier alpha value is -0.900. The van der Waals surface area contributed by atoms with Gasteiger partial charge in [-0.1, -0.05) is 31.2 Å². The Labute approximate surface area is 111 Å². The first-order chi connectivity index (χ1) is 8.67. The molecule has 1 rings (SSSR count). The fraction of sp³-hybridized carbons (Fsp3) is 0.600. The fourth-order valence-electron chi connectivity index (χ4n) is 1.78. The molecule has 0 heterocycles. The molecule has 1 unspecified atom stereocenters. The topological polar surface area (TPSA) is 35.5 Å². The van der Waals surface area contributed by atoms with Gasteiger partial charge >= 0.3 is 0 Å². The Morgan fingerprint density at radius 2 is 1.83 bits per heavy atom. The van der Waals surface area contributed by atoms with Crippen LogP contribution in [0.5, 0.6) is 0 Å². The maximum absolute atomic E-state index is 8.96. The van der Waals surface area contributed by atoms with Crippen molar-refractivity contribution in [2.45, 2.75) is 39.5 Å². The molecule has 0 saturated heterocycles. The highest BCUT2D eigenvalue weighted by atomic mass is 16.3. The lowest BCUT2D eigenvalue weighted by Gasteiger charge is -2.23. The number of benzene rings is 1. The first kappa shape index (κ1) is 15.2. The third kappa shape index (κ3) is 5.17. The Balaban J connectivity index is 2.21. The lowest BCUT2D eigenvalue weighted by Crippen LogP contribution is -2.34. The summed E-state index contributed by atoms with van der Waals surface area (Å²) in [7, 11) is 2.17. The number of hydrogen-bond acceptors (Lipinski definition) is 3. The zero-order valence-corrected chi connectivity index (χ0v) is 11.8. The van der Waals surface area contributed by atoms with Gasteiger partial charge in [0, 0.05) is 25.7 Å². The van der Waals surface area contributed by atoms with Crippen LogP contribution in [-0.4, -0.2) is 36.2 Å². The molecule has 0 radical (unpaired) electrons. The molecular weight excluding hydrogens is 224 g/mol. The minimum absolute atomic E-state index is 0.118. The first-order valence-electron chi connectivity index (χ1n) is 6.77. The van der Waals surface area contributed by atoms with Crippen molar-refractivity contribution in [1.29, 1.82) is 0 Å². The monoisotopic (exact) mass is 250 g/mol. The molecule has 0 fully saturated rings. The number of rotatable bonds is 8. The second kappa shape index (κ2) is 8.25. The van der Waals surface area contributed by atoms with E-state index in [1.807, 2.05) is 12.1 Å². The average Bonchev–Trinajstić information content (AvgIpc) is 2.43. The van der Waals surface area contributed by atoms with Crippen molar-refractivity contribution in [2.24, 2.45) is 0 Å². The van der Waals surface area contributed by atoms with E-state index in [9.17, 15) is 0 Å². The smallest absolute Gasteiger partial charge is 0.0681 e. The summed E-state index contributed by atoms with van der Waals surface area (Å²) in [5, 5.41) is 12.4. The van der Waals surface area contributed by atoms with Crippen LogP contribution in [0.15, 0.2) is 24.3 Å². The highest BCUT2D eigenvalue weighted by molar-refractivity contribution is 5.21. The van der Waals surface area contributed by atoms with Gasteiger partial charge < -0.3 is 15.3 Å². The van der Waals surface area contributed by atoms with Crippen molar-refractivity contribution in [1.82, 2.24) is 10.2 Å². The van der Waals surface area contributed by atoms with Crippen LogP contribution in [0.1, 0.15) is 31.4 Å². The van der Waals surface area contributed by atoms with Gasteiger partial charge in [0.05, 0.1) is 6.61 Å². The molecule has 2 N–H and O–H groups in total. The van der Waals surface area contributed by atoms with Gasteiger partial charge in [-0.05, 0) is 31.5 Å². The molecule has 3 heteroatoms. The molecule has 0 aliphatic rings. The van der Waals surface area contributed by atoms with E-state index in [1.165, 1.54) is 12.0 Å². The van der Waals surface area contributed by atoms with Crippen molar-refractivity contribution in [2.75, 3.05) is 20.1 Å². The molecule has 0 amide bonds. The molecule has 1 aromatic carbocycles. The van der Waals surface area contributed by atoms with E-state index in [-0.39, 0.29) is 6.61 Å². The van der Waals surface area contributed by atoms with Gasteiger partial charge in [0.25, 0.3) is 0 Å². The molecule has 0 spiro atoms. The minimum atomic E-state index is 0.118. The summed E-state index contributed by atoms with van der Waals surface area (Å²) >= 11 is 0. The van der Waals surface area contributed by atoms with E-state index < -0.39 is 0 Å². The zero-order valence-electron chi connectivity index (χ0n) is 11.8. The van der Waals surface area contributed by atoms with Crippen LogP contribution in [0.2, 0.25) is 0 Å². The van der Waals surface area contributed by atoms with E-state index in [0.29, 0.717) is 6.04 Å². The molecule has 0 aliphatic carbocycles. The van der Waals surface area contributed by atoms with Crippen LogP contribution in [0, 0.1) is 0 Å². The molecule has 0 aromatic heterocycles. The van der Waals surface area contributed by atoms with Gasteiger partial charge in [-0.15, -0.1) is 0 Å². The molecule has 0 bridgehead atoms. The maximum atomic E-state index is 8.96. The zero-order chi connectivity index (χ0) is 13.4. The largest absolute Gasteiger partial charge is 0.392 e. The quantitative estimate of drug-likeness (QED) is 0.693. The average molecular weight is 250 g/mol. The Morgan fingerprint density at radius 3 is 2.39 bits per heavy atom. The number of nitrogens with zero attached hydrogens (tertiary/aromatic N) is 1. The standard InChI is InChI=1S/C15H26N2O/c1-4-13(2)17(3)10-9-16-11-14-5-7-15(12-18)8-6-14/h5-8,13,16,18H,4,9-12H2,1-3H3. The number of likely N-dealkylation sites (N-methyl/N-ethyl adjacent to an activating group) is 1. The van der Waals surface area contributed by atoms with E-state index in [1.54, 1.807) is 0 Å². The van der Waals surface area contributed by atoms with E-state index in [4.69, 9.17) is 5.11 Å². The summed E-state index contributed by atoms with van der Waals surface area (Å²) < 4.78 is 0. The number of aliphatic hydroxyl groups excluding tert-OH is 1. The van der Waals surface area contributed by atoms with Crippen LogP contribution >= 0.6 is 0 Å². The summed E-state index contributed by atoms with van der Waals surface area (Å²) in [4.78, 5) is 2.38. The summed E-state index contributed by atoms with van der Waals surface area (Å²) in [5.74, 6) is 0. The molecule has 0 saturated carbocycles. The highest BCUT2D eigenvalue weighted by Gasteiger charge is 2.05. The van der Waals surface area contributed by atoms with Crippen molar-refractivity contribution in [3.05, 3.63) is 35.4 Å². The minimum Gasteiger partial charge on any atom is -0.392 e.